The van der Waals surface area contributed by atoms with Crippen LogP contribution in [0.25, 0.3) is 22.6 Å². The second kappa shape index (κ2) is 3.53. The van der Waals surface area contributed by atoms with E-state index in [1.54, 1.807) is 6.07 Å². The largest absolute Gasteiger partial charge is 0.379 e. The lowest BCUT2D eigenvalue weighted by atomic mass is 10.3. The Morgan fingerprint density at radius 1 is 1.32 bits per heavy atom. The average Bonchev–Trinajstić information content (AvgIpc) is 3.03. The fraction of sp³-hybridized carbons (Fsp3) is 0.250. The van der Waals surface area contributed by atoms with Crippen LogP contribution >= 0.6 is 0 Å². The van der Waals surface area contributed by atoms with Crippen molar-refractivity contribution in [2.75, 3.05) is 5.73 Å². The molecule has 0 spiro atoms. The number of anilines is 1. The van der Waals surface area contributed by atoms with Crippen LogP contribution in [0.15, 0.2) is 22.8 Å². The van der Waals surface area contributed by atoms with Gasteiger partial charge in [0.1, 0.15) is 5.82 Å². The highest BCUT2D eigenvalue weighted by atomic mass is 19.1. The molecule has 7 heteroatoms. The summed E-state index contributed by atoms with van der Waals surface area (Å²) in [7, 11) is 0. The van der Waals surface area contributed by atoms with Gasteiger partial charge in [0.25, 0.3) is 0 Å². The van der Waals surface area contributed by atoms with E-state index in [2.05, 4.69) is 19.9 Å². The molecule has 1 saturated carbocycles. The van der Waals surface area contributed by atoms with Crippen LogP contribution in [0, 0.1) is 5.82 Å². The lowest BCUT2D eigenvalue weighted by Crippen LogP contribution is -2.00. The molecule has 2 N–H and O–H groups in total. The minimum absolute atomic E-state index is 0.192. The van der Waals surface area contributed by atoms with Crippen molar-refractivity contribution in [1.29, 1.82) is 0 Å². The molecule has 0 radical (unpaired) electrons. The zero-order valence-corrected chi connectivity index (χ0v) is 9.88. The summed E-state index contributed by atoms with van der Waals surface area (Å²) in [5.74, 6) is 0.492. The summed E-state index contributed by atoms with van der Waals surface area (Å²) in [6.07, 6.45) is 2.08. The highest BCUT2D eigenvalue weighted by Crippen LogP contribution is 2.41. The topological polar surface area (TPSA) is 82.8 Å². The molecule has 0 saturated heterocycles. The minimum Gasteiger partial charge on any atom is -0.379 e. The number of rotatable bonds is 2. The van der Waals surface area contributed by atoms with Gasteiger partial charge >= 0.3 is 0 Å². The standard InChI is InChI=1S/C12H10FN5O/c13-6-1-4-8-9(5-6)18(7-2-3-7)12(15-8)10-11(14)17-19-16-10/h1,4-5,7H,2-3H2,(H2,14,17). The molecule has 1 aliphatic rings. The maximum Gasteiger partial charge on any atom is 0.199 e. The van der Waals surface area contributed by atoms with E-state index in [0.717, 1.165) is 18.4 Å². The molecule has 3 aromatic rings. The number of aromatic nitrogens is 4. The molecule has 6 nitrogen and oxygen atoms in total. The normalized spacial score (nSPS) is 15.2. The molecule has 1 aliphatic carbocycles. The number of halogens is 1. The number of benzene rings is 1. The number of imidazole rings is 1. The highest BCUT2D eigenvalue weighted by molar-refractivity contribution is 5.82. The first kappa shape index (κ1) is 10.5. The van der Waals surface area contributed by atoms with Gasteiger partial charge in [-0.2, -0.15) is 0 Å². The Morgan fingerprint density at radius 3 is 2.84 bits per heavy atom. The molecule has 0 amide bonds. The number of nitrogens with two attached hydrogens (primary N) is 1. The van der Waals surface area contributed by atoms with E-state index < -0.39 is 0 Å². The number of nitrogen functional groups attached to an aromatic ring is 1. The Balaban J connectivity index is 2.05. The van der Waals surface area contributed by atoms with E-state index in [1.165, 1.54) is 12.1 Å². The molecule has 19 heavy (non-hydrogen) atoms. The summed E-state index contributed by atoms with van der Waals surface area (Å²) in [6, 6.07) is 4.84. The summed E-state index contributed by atoms with van der Waals surface area (Å²) >= 11 is 0. The predicted molar refractivity (Wildman–Crippen MR) is 65.7 cm³/mol. The van der Waals surface area contributed by atoms with Crippen molar-refractivity contribution in [3.05, 3.63) is 24.0 Å². The molecule has 1 fully saturated rings. The van der Waals surface area contributed by atoms with Crippen LogP contribution in [0.4, 0.5) is 10.2 Å². The third kappa shape index (κ3) is 1.51. The van der Waals surface area contributed by atoms with Crippen LogP contribution in [-0.4, -0.2) is 19.9 Å². The zero-order valence-electron chi connectivity index (χ0n) is 9.88. The number of hydrogen-bond donors (Lipinski definition) is 1. The molecule has 0 unspecified atom stereocenters. The summed E-state index contributed by atoms with van der Waals surface area (Å²) in [6.45, 7) is 0. The summed E-state index contributed by atoms with van der Waals surface area (Å²) in [4.78, 5) is 4.47. The Bertz CT molecular complexity index is 774. The van der Waals surface area contributed by atoms with Gasteiger partial charge in [-0.1, -0.05) is 0 Å². The van der Waals surface area contributed by atoms with Crippen LogP contribution in [0.2, 0.25) is 0 Å². The third-order valence-corrected chi connectivity index (χ3v) is 3.29. The smallest absolute Gasteiger partial charge is 0.199 e. The average molecular weight is 259 g/mol. The Labute approximate surface area is 107 Å². The van der Waals surface area contributed by atoms with E-state index >= 15 is 0 Å². The molecular formula is C12H10FN5O. The number of hydrogen-bond acceptors (Lipinski definition) is 5. The predicted octanol–water partition coefficient (Wildman–Crippen LogP) is 2.14. The van der Waals surface area contributed by atoms with Crippen molar-refractivity contribution in [2.45, 2.75) is 18.9 Å². The number of nitrogens with zero attached hydrogens (tertiary/aromatic N) is 4. The zero-order chi connectivity index (χ0) is 13.0. The Morgan fingerprint density at radius 2 is 2.16 bits per heavy atom. The molecular weight excluding hydrogens is 249 g/mol. The van der Waals surface area contributed by atoms with Crippen molar-refractivity contribution >= 4 is 16.9 Å². The van der Waals surface area contributed by atoms with Crippen molar-refractivity contribution in [2.24, 2.45) is 0 Å². The SMILES string of the molecule is Nc1nonc1-c1nc2ccc(F)cc2n1C1CC1. The molecule has 0 aliphatic heterocycles. The van der Waals surface area contributed by atoms with E-state index in [4.69, 9.17) is 5.73 Å². The van der Waals surface area contributed by atoms with Crippen LogP contribution < -0.4 is 5.73 Å². The van der Waals surface area contributed by atoms with Crippen molar-refractivity contribution in [1.82, 2.24) is 19.9 Å². The first-order valence-corrected chi connectivity index (χ1v) is 6.00. The molecule has 1 aromatic carbocycles. The maximum absolute atomic E-state index is 13.4. The number of fused-ring (bicyclic) bond motifs is 1. The van der Waals surface area contributed by atoms with Gasteiger partial charge in [0.05, 0.1) is 11.0 Å². The molecule has 96 valence electrons. The van der Waals surface area contributed by atoms with Gasteiger partial charge in [-0.05, 0) is 41.4 Å². The van der Waals surface area contributed by atoms with Crippen LogP contribution in [0.1, 0.15) is 18.9 Å². The Hall–Kier alpha value is -2.44. The monoisotopic (exact) mass is 259 g/mol. The second-order valence-corrected chi connectivity index (χ2v) is 4.67. The molecule has 2 aromatic heterocycles. The van der Waals surface area contributed by atoms with Crippen LogP contribution in [-0.2, 0) is 0 Å². The second-order valence-electron chi connectivity index (χ2n) is 4.67. The van der Waals surface area contributed by atoms with Crippen LogP contribution in [0.5, 0.6) is 0 Å². The summed E-state index contributed by atoms with van der Waals surface area (Å²) in [5, 5.41) is 7.35. The lowest BCUT2D eigenvalue weighted by Gasteiger charge is -2.05. The Kier molecular flexibility index (Phi) is 1.95. The first-order chi connectivity index (χ1) is 9.24. The van der Waals surface area contributed by atoms with Gasteiger partial charge < -0.3 is 10.3 Å². The van der Waals surface area contributed by atoms with Crippen LogP contribution in [0.3, 0.4) is 0 Å². The fourth-order valence-electron chi connectivity index (χ4n) is 2.29. The molecule has 4 rings (SSSR count). The molecule has 0 atom stereocenters. The van der Waals surface area contributed by atoms with E-state index in [0.29, 0.717) is 23.1 Å². The van der Waals surface area contributed by atoms with E-state index in [1.807, 2.05) is 4.57 Å². The van der Waals surface area contributed by atoms with Gasteiger partial charge in [0.15, 0.2) is 17.3 Å². The van der Waals surface area contributed by atoms with Crippen molar-refractivity contribution < 1.29 is 9.02 Å². The summed E-state index contributed by atoms with van der Waals surface area (Å²) < 4.78 is 20.0. The van der Waals surface area contributed by atoms with Gasteiger partial charge in [-0.15, -0.1) is 0 Å². The summed E-state index contributed by atoms with van der Waals surface area (Å²) in [5.41, 5.74) is 7.59. The quantitative estimate of drug-likeness (QED) is 0.762. The minimum atomic E-state index is -0.285. The fourth-order valence-corrected chi connectivity index (χ4v) is 2.29. The molecule has 2 heterocycles. The van der Waals surface area contributed by atoms with Crippen molar-refractivity contribution in [3.8, 4) is 11.5 Å². The van der Waals surface area contributed by atoms with E-state index in [9.17, 15) is 4.39 Å². The van der Waals surface area contributed by atoms with E-state index in [-0.39, 0.29) is 11.6 Å². The van der Waals surface area contributed by atoms with Gasteiger partial charge in [0.2, 0.25) is 0 Å². The highest BCUT2D eigenvalue weighted by Gasteiger charge is 2.30. The van der Waals surface area contributed by atoms with Crippen molar-refractivity contribution in [3.63, 3.8) is 0 Å². The first-order valence-electron chi connectivity index (χ1n) is 6.00. The van der Waals surface area contributed by atoms with Gasteiger partial charge in [-0.3, -0.25) is 0 Å². The lowest BCUT2D eigenvalue weighted by molar-refractivity contribution is 0.310. The molecule has 0 bridgehead atoms. The third-order valence-electron chi connectivity index (χ3n) is 3.29. The maximum atomic E-state index is 13.4. The van der Waals surface area contributed by atoms with Gasteiger partial charge in [-0.25, -0.2) is 14.0 Å². The van der Waals surface area contributed by atoms with Gasteiger partial charge in [0, 0.05) is 6.04 Å².